The van der Waals surface area contributed by atoms with Crippen LogP contribution in [-0.4, -0.2) is 17.0 Å². The maximum Gasteiger partial charge on any atom is 0.357 e. The highest BCUT2D eigenvalue weighted by Crippen LogP contribution is 2.09. The van der Waals surface area contributed by atoms with E-state index in [1.165, 1.54) is 0 Å². The van der Waals surface area contributed by atoms with E-state index in [0.717, 1.165) is 5.56 Å². The molecule has 1 aromatic heterocycles. The van der Waals surface area contributed by atoms with Gasteiger partial charge in [0.15, 0.2) is 5.69 Å². The fraction of sp³-hybridized carbons (Fsp3) is 0.250. The Morgan fingerprint density at radius 1 is 1.15 bits per heavy atom. The molecule has 0 bridgehead atoms. The standard InChI is InChI=1S/C16H18N2O2/c1-12(2)17-15-10-6-9-14(18-15)16(19)20-11-13-7-4-3-5-8-13/h3-10,12H,11H2,1-2H3,(H,17,18). The Balaban J connectivity index is 1.98. The Bertz CT molecular complexity index is 568. The average Bonchev–Trinajstić information content (AvgIpc) is 2.45. The molecule has 0 radical (unpaired) electrons. The van der Waals surface area contributed by atoms with Crippen molar-refractivity contribution in [3.05, 3.63) is 59.8 Å². The first-order valence-electron chi connectivity index (χ1n) is 6.60. The van der Waals surface area contributed by atoms with E-state index in [0.29, 0.717) is 11.5 Å². The molecule has 0 aliphatic heterocycles. The summed E-state index contributed by atoms with van der Waals surface area (Å²) in [4.78, 5) is 16.2. The quantitative estimate of drug-likeness (QED) is 0.847. The zero-order valence-electron chi connectivity index (χ0n) is 11.7. The summed E-state index contributed by atoms with van der Waals surface area (Å²) in [6, 6.07) is 15.1. The fourth-order valence-electron chi connectivity index (χ4n) is 1.72. The lowest BCUT2D eigenvalue weighted by Gasteiger charge is -2.10. The summed E-state index contributed by atoms with van der Waals surface area (Å²) < 4.78 is 5.24. The molecule has 104 valence electrons. The average molecular weight is 270 g/mol. The molecule has 1 N–H and O–H groups in total. The number of ether oxygens (including phenoxy) is 1. The van der Waals surface area contributed by atoms with Gasteiger partial charge in [-0.25, -0.2) is 9.78 Å². The Morgan fingerprint density at radius 3 is 2.60 bits per heavy atom. The third-order valence-corrected chi connectivity index (χ3v) is 2.61. The van der Waals surface area contributed by atoms with E-state index in [1.807, 2.05) is 50.2 Å². The normalized spacial score (nSPS) is 10.3. The summed E-state index contributed by atoms with van der Waals surface area (Å²) in [6.45, 7) is 4.29. The molecule has 0 saturated heterocycles. The third kappa shape index (κ3) is 4.09. The lowest BCUT2D eigenvalue weighted by molar-refractivity contribution is 0.0466. The Kier molecular flexibility index (Phi) is 4.71. The van der Waals surface area contributed by atoms with Crippen molar-refractivity contribution in [2.24, 2.45) is 0 Å². The van der Waals surface area contributed by atoms with Crippen molar-refractivity contribution in [2.75, 3.05) is 5.32 Å². The minimum atomic E-state index is -0.416. The molecule has 2 rings (SSSR count). The van der Waals surface area contributed by atoms with Crippen LogP contribution in [0.15, 0.2) is 48.5 Å². The number of esters is 1. The summed E-state index contributed by atoms with van der Waals surface area (Å²) >= 11 is 0. The molecule has 2 aromatic rings. The SMILES string of the molecule is CC(C)Nc1cccc(C(=O)OCc2ccccc2)n1. The molecule has 0 saturated carbocycles. The number of benzene rings is 1. The van der Waals surface area contributed by atoms with Gasteiger partial charge >= 0.3 is 5.97 Å². The first kappa shape index (κ1) is 14.1. The number of carbonyl (C=O) groups excluding carboxylic acids is 1. The zero-order chi connectivity index (χ0) is 14.4. The molecule has 0 unspecified atom stereocenters. The summed E-state index contributed by atoms with van der Waals surface area (Å²) in [5.41, 5.74) is 1.27. The summed E-state index contributed by atoms with van der Waals surface area (Å²) in [5, 5.41) is 3.15. The molecule has 0 spiro atoms. The number of nitrogens with zero attached hydrogens (tertiary/aromatic N) is 1. The van der Waals surface area contributed by atoms with Gasteiger partial charge in [0.1, 0.15) is 12.4 Å². The smallest absolute Gasteiger partial charge is 0.357 e. The predicted molar refractivity (Wildman–Crippen MR) is 78.6 cm³/mol. The van der Waals surface area contributed by atoms with Crippen molar-refractivity contribution >= 4 is 11.8 Å². The van der Waals surface area contributed by atoms with Crippen molar-refractivity contribution in [3.63, 3.8) is 0 Å². The molecule has 0 aliphatic rings. The Hall–Kier alpha value is -2.36. The number of anilines is 1. The van der Waals surface area contributed by atoms with Crippen molar-refractivity contribution in [2.45, 2.75) is 26.5 Å². The van der Waals surface area contributed by atoms with Crippen LogP contribution in [0.3, 0.4) is 0 Å². The van der Waals surface area contributed by atoms with Crippen LogP contribution in [0, 0.1) is 0 Å². The van der Waals surface area contributed by atoms with Gasteiger partial charge in [-0.15, -0.1) is 0 Å². The van der Waals surface area contributed by atoms with Gasteiger partial charge in [-0.05, 0) is 31.5 Å². The zero-order valence-corrected chi connectivity index (χ0v) is 11.7. The van der Waals surface area contributed by atoms with E-state index in [-0.39, 0.29) is 12.6 Å². The molecule has 0 atom stereocenters. The van der Waals surface area contributed by atoms with Gasteiger partial charge in [-0.1, -0.05) is 36.4 Å². The van der Waals surface area contributed by atoms with E-state index >= 15 is 0 Å². The van der Waals surface area contributed by atoms with Crippen LogP contribution in [0.5, 0.6) is 0 Å². The number of aromatic nitrogens is 1. The van der Waals surface area contributed by atoms with Gasteiger partial charge in [0.2, 0.25) is 0 Å². The first-order chi connectivity index (χ1) is 9.65. The number of pyridine rings is 1. The highest BCUT2D eigenvalue weighted by Gasteiger charge is 2.10. The second-order valence-electron chi connectivity index (χ2n) is 4.77. The minimum Gasteiger partial charge on any atom is -0.456 e. The second-order valence-corrected chi connectivity index (χ2v) is 4.77. The molecule has 1 aromatic carbocycles. The molecule has 0 fully saturated rings. The summed E-state index contributed by atoms with van der Waals surface area (Å²) in [7, 11) is 0. The van der Waals surface area contributed by atoms with E-state index in [2.05, 4.69) is 10.3 Å². The Labute approximate surface area is 118 Å². The Morgan fingerprint density at radius 2 is 1.90 bits per heavy atom. The van der Waals surface area contributed by atoms with Gasteiger partial charge in [-0.2, -0.15) is 0 Å². The van der Waals surface area contributed by atoms with E-state index < -0.39 is 5.97 Å². The van der Waals surface area contributed by atoms with Crippen LogP contribution in [0.2, 0.25) is 0 Å². The van der Waals surface area contributed by atoms with Crippen LogP contribution in [0.25, 0.3) is 0 Å². The molecule has 1 heterocycles. The lowest BCUT2D eigenvalue weighted by Crippen LogP contribution is -2.13. The maximum atomic E-state index is 11.9. The van der Waals surface area contributed by atoms with Gasteiger partial charge in [0.05, 0.1) is 0 Å². The predicted octanol–water partition coefficient (Wildman–Crippen LogP) is 3.26. The molecule has 4 nitrogen and oxygen atoms in total. The number of hydrogen-bond acceptors (Lipinski definition) is 4. The number of hydrogen-bond donors (Lipinski definition) is 1. The van der Waals surface area contributed by atoms with Crippen LogP contribution in [0.1, 0.15) is 29.9 Å². The van der Waals surface area contributed by atoms with E-state index in [9.17, 15) is 4.79 Å². The number of carbonyl (C=O) groups is 1. The fourth-order valence-corrected chi connectivity index (χ4v) is 1.72. The largest absolute Gasteiger partial charge is 0.456 e. The maximum absolute atomic E-state index is 11.9. The van der Waals surface area contributed by atoms with Gasteiger partial charge in [0.25, 0.3) is 0 Å². The highest BCUT2D eigenvalue weighted by molar-refractivity contribution is 5.87. The third-order valence-electron chi connectivity index (χ3n) is 2.61. The minimum absolute atomic E-state index is 0.253. The van der Waals surface area contributed by atoms with Crippen LogP contribution >= 0.6 is 0 Å². The highest BCUT2D eigenvalue weighted by atomic mass is 16.5. The van der Waals surface area contributed by atoms with E-state index in [4.69, 9.17) is 4.74 Å². The van der Waals surface area contributed by atoms with Crippen LogP contribution in [-0.2, 0) is 11.3 Å². The molecular weight excluding hydrogens is 252 g/mol. The molecule has 0 amide bonds. The lowest BCUT2D eigenvalue weighted by atomic mass is 10.2. The van der Waals surface area contributed by atoms with Gasteiger partial charge in [0, 0.05) is 6.04 Å². The monoisotopic (exact) mass is 270 g/mol. The van der Waals surface area contributed by atoms with Crippen molar-refractivity contribution in [1.82, 2.24) is 4.98 Å². The van der Waals surface area contributed by atoms with Gasteiger partial charge < -0.3 is 10.1 Å². The van der Waals surface area contributed by atoms with Gasteiger partial charge in [-0.3, -0.25) is 0 Å². The molecule has 0 aliphatic carbocycles. The van der Waals surface area contributed by atoms with E-state index in [1.54, 1.807) is 12.1 Å². The summed E-state index contributed by atoms with van der Waals surface area (Å²) in [6.07, 6.45) is 0. The topological polar surface area (TPSA) is 51.2 Å². The molecular formula is C16H18N2O2. The second kappa shape index (κ2) is 6.70. The van der Waals surface area contributed by atoms with Crippen molar-refractivity contribution in [1.29, 1.82) is 0 Å². The molecule has 20 heavy (non-hydrogen) atoms. The first-order valence-corrected chi connectivity index (χ1v) is 6.60. The number of nitrogens with one attached hydrogen (secondary N) is 1. The van der Waals surface area contributed by atoms with Crippen molar-refractivity contribution < 1.29 is 9.53 Å². The van der Waals surface area contributed by atoms with Crippen LogP contribution in [0.4, 0.5) is 5.82 Å². The number of rotatable bonds is 5. The summed E-state index contributed by atoms with van der Waals surface area (Å²) in [5.74, 6) is 0.260. The molecule has 4 heteroatoms. The van der Waals surface area contributed by atoms with Crippen molar-refractivity contribution in [3.8, 4) is 0 Å². The van der Waals surface area contributed by atoms with Crippen LogP contribution < -0.4 is 5.32 Å².